The van der Waals surface area contributed by atoms with Crippen LogP contribution in [0, 0.1) is 11.8 Å². The van der Waals surface area contributed by atoms with Crippen molar-refractivity contribution in [1.82, 2.24) is 0 Å². The highest BCUT2D eigenvalue weighted by molar-refractivity contribution is 4.87. The van der Waals surface area contributed by atoms with Crippen molar-refractivity contribution >= 4 is 0 Å². The van der Waals surface area contributed by atoms with E-state index in [-0.39, 0.29) is 5.92 Å². The van der Waals surface area contributed by atoms with Gasteiger partial charge in [-0.3, -0.25) is 0 Å². The Labute approximate surface area is 87.3 Å². The standard InChI is InChI=1S/C12H24O2/c1-2-3-4-5-6-7-8-10-9-11(10)12(13)14/h10-14H,2-9H2,1H3. The summed E-state index contributed by atoms with van der Waals surface area (Å²) in [6, 6.07) is 0. The molecule has 0 saturated heterocycles. The molecule has 14 heavy (non-hydrogen) atoms. The topological polar surface area (TPSA) is 40.5 Å². The lowest BCUT2D eigenvalue weighted by Crippen LogP contribution is -2.08. The minimum Gasteiger partial charge on any atom is -0.368 e. The minimum atomic E-state index is -1.06. The van der Waals surface area contributed by atoms with Gasteiger partial charge in [-0.25, -0.2) is 0 Å². The highest BCUT2D eigenvalue weighted by Crippen LogP contribution is 2.44. The summed E-state index contributed by atoms with van der Waals surface area (Å²) in [7, 11) is 0. The molecule has 0 aliphatic heterocycles. The van der Waals surface area contributed by atoms with E-state index in [1.54, 1.807) is 0 Å². The maximum absolute atomic E-state index is 8.89. The van der Waals surface area contributed by atoms with Crippen LogP contribution in [0.25, 0.3) is 0 Å². The Balaban J connectivity index is 1.82. The molecular weight excluding hydrogens is 176 g/mol. The van der Waals surface area contributed by atoms with Crippen LogP contribution in [0.5, 0.6) is 0 Å². The van der Waals surface area contributed by atoms with Gasteiger partial charge in [0.15, 0.2) is 6.29 Å². The van der Waals surface area contributed by atoms with Gasteiger partial charge in [0, 0.05) is 5.92 Å². The summed E-state index contributed by atoms with van der Waals surface area (Å²) in [5, 5.41) is 17.8. The summed E-state index contributed by atoms with van der Waals surface area (Å²) >= 11 is 0. The SMILES string of the molecule is CCCCCCCCC1CC1C(O)O. The van der Waals surface area contributed by atoms with Crippen molar-refractivity contribution in [2.45, 2.75) is 64.6 Å². The summed E-state index contributed by atoms with van der Waals surface area (Å²) in [6.45, 7) is 2.23. The van der Waals surface area contributed by atoms with Crippen molar-refractivity contribution in [3.63, 3.8) is 0 Å². The molecule has 0 bridgehead atoms. The lowest BCUT2D eigenvalue weighted by molar-refractivity contribution is -0.0603. The van der Waals surface area contributed by atoms with Crippen LogP contribution in [-0.2, 0) is 0 Å². The van der Waals surface area contributed by atoms with E-state index in [4.69, 9.17) is 10.2 Å². The third-order valence-corrected chi connectivity index (χ3v) is 3.29. The lowest BCUT2D eigenvalue weighted by atomic mass is 10.1. The number of aliphatic hydroxyl groups excluding tert-OH is 1. The van der Waals surface area contributed by atoms with E-state index in [0.717, 1.165) is 6.42 Å². The summed E-state index contributed by atoms with van der Waals surface area (Å²) in [5.41, 5.74) is 0. The number of hydrogen-bond acceptors (Lipinski definition) is 2. The van der Waals surface area contributed by atoms with Crippen LogP contribution < -0.4 is 0 Å². The van der Waals surface area contributed by atoms with Crippen molar-refractivity contribution in [1.29, 1.82) is 0 Å². The van der Waals surface area contributed by atoms with Crippen LogP contribution in [0.2, 0.25) is 0 Å². The van der Waals surface area contributed by atoms with Crippen LogP contribution in [0.3, 0.4) is 0 Å². The monoisotopic (exact) mass is 200 g/mol. The fourth-order valence-electron chi connectivity index (χ4n) is 2.15. The molecule has 0 spiro atoms. The Kier molecular flexibility index (Phi) is 5.49. The quantitative estimate of drug-likeness (QED) is 0.467. The third kappa shape index (κ3) is 4.43. The predicted molar refractivity (Wildman–Crippen MR) is 57.8 cm³/mol. The number of rotatable bonds is 8. The lowest BCUT2D eigenvalue weighted by Gasteiger charge is -2.02. The molecule has 1 fully saturated rings. The van der Waals surface area contributed by atoms with Gasteiger partial charge in [-0.2, -0.15) is 0 Å². The Morgan fingerprint density at radius 1 is 1.07 bits per heavy atom. The van der Waals surface area contributed by atoms with E-state index in [9.17, 15) is 0 Å². The van der Waals surface area contributed by atoms with Gasteiger partial charge in [0.2, 0.25) is 0 Å². The molecule has 1 saturated carbocycles. The average molecular weight is 200 g/mol. The molecule has 0 amide bonds. The van der Waals surface area contributed by atoms with E-state index >= 15 is 0 Å². The normalized spacial score (nSPS) is 25.7. The van der Waals surface area contributed by atoms with Gasteiger partial charge in [-0.1, -0.05) is 45.4 Å². The van der Waals surface area contributed by atoms with E-state index in [1.165, 1.54) is 44.9 Å². The Morgan fingerprint density at radius 2 is 1.71 bits per heavy atom. The van der Waals surface area contributed by atoms with Gasteiger partial charge >= 0.3 is 0 Å². The predicted octanol–water partition coefficient (Wildman–Crippen LogP) is 2.68. The van der Waals surface area contributed by atoms with E-state index in [0.29, 0.717) is 5.92 Å². The van der Waals surface area contributed by atoms with Gasteiger partial charge in [0.05, 0.1) is 0 Å². The van der Waals surface area contributed by atoms with Gasteiger partial charge in [-0.15, -0.1) is 0 Å². The first kappa shape index (κ1) is 12.0. The average Bonchev–Trinajstić information content (AvgIpc) is 2.90. The molecule has 84 valence electrons. The van der Waals surface area contributed by atoms with Gasteiger partial charge in [0.25, 0.3) is 0 Å². The Bertz CT molecular complexity index is 145. The van der Waals surface area contributed by atoms with Gasteiger partial charge in [-0.05, 0) is 18.8 Å². The second-order valence-electron chi connectivity index (χ2n) is 4.63. The molecule has 1 aliphatic carbocycles. The molecule has 0 heterocycles. The van der Waals surface area contributed by atoms with Crippen LogP contribution in [-0.4, -0.2) is 16.5 Å². The molecule has 2 unspecified atom stereocenters. The highest BCUT2D eigenvalue weighted by Gasteiger charge is 2.40. The summed E-state index contributed by atoms with van der Waals surface area (Å²) < 4.78 is 0. The molecule has 2 heteroatoms. The Hall–Kier alpha value is -0.0800. The van der Waals surface area contributed by atoms with Crippen LogP contribution in [0.1, 0.15) is 58.3 Å². The molecule has 2 nitrogen and oxygen atoms in total. The van der Waals surface area contributed by atoms with Crippen molar-refractivity contribution in [2.75, 3.05) is 0 Å². The molecular formula is C12H24O2. The number of unbranched alkanes of at least 4 members (excludes halogenated alkanes) is 5. The van der Waals surface area contributed by atoms with Crippen LogP contribution >= 0.6 is 0 Å². The molecule has 1 rings (SSSR count). The first-order valence-electron chi connectivity index (χ1n) is 6.11. The smallest absolute Gasteiger partial charge is 0.154 e. The molecule has 2 atom stereocenters. The fourth-order valence-corrected chi connectivity index (χ4v) is 2.15. The largest absolute Gasteiger partial charge is 0.368 e. The first-order valence-corrected chi connectivity index (χ1v) is 6.11. The number of hydrogen-bond donors (Lipinski definition) is 2. The van der Waals surface area contributed by atoms with Crippen LogP contribution in [0.15, 0.2) is 0 Å². The zero-order valence-corrected chi connectivity index (χ0v) is 9.28. The van der Waals surface area contributed by atoms with E-state index in [1.807, 2.05) is 0 Å². The zero-order valence-electron chi connectivity index (χ0n) is 9.28. The molecule has 2 N–H and O–H groups in total. The third-order valence-electron chi connectivity index (χ3n) is 3.29. The Morgan fingerprint density at radius 3 is 2.29 bits per heavy atom. The summed E-state index contributed by atoms with van der Waals surface area (Å²) in [6.07, 6.45) is 9.17. The van der Waals surface area contributed by atoms with E-state index < -0.39 is 6.29 Å². The maximum atomic E-state index is 8.89. The van der Waals surface area contributed by atoms with Gasteiger partial charge in [0.1, 0.15) is 0 Å². The van der Waals surface area contributed by atoms with E-state index in [2.05, 4.69) is 6.92 Å². The van der Waals surface area contributed by atoms with Gasteiger partial charge < -0.3 is 10.2 Å². The fraction of sp³-hybridized carbons (Fsp3) is 1.00. The molecule has 0 aromatic heterocycles. The van der Waals surface area contributed by atoms with Crippen molar-refractivity contribution in [3.05, 3.63) is 0 Å². The van der Waals surface area contributed by atoms with Crippen molar-refractivity contribution < 1.29 is 10.2 Å². The molecule has 0 radical (unpaired) electrons. The second kappa shape index (κ2) is 6.41. The summed E-state index contributed by atoms with van der Waals surface area (Å²) in [4.78, 5) is 0. The highest BCUT2D eigenvalue weighted by atomic mass is 16.5. The zero-order chi connectivity index (χ0) is 10.4. The van der Waals surface area contributed by atoms with Crippen molar-refractivity contribution in [3.8, 4) is 0 Å². The minimum absolute atomic E-state index is 0.200. The molecule has 0 aromatic carbocycles. The second-order valence-corrected chi connectivity index (χ2v) is 4.63. The molecule has 1 aliphatic rings. The summed E-state index contributed by atoms with van der Waals surface area (Å²) in [5.74, 6) is 0.812. The van der Waals surface area contributed by atoms with Crippen molar-refractivity contribution in [2.24, 2.45) is 11.8 Å². The number of aliphatic hydroxyl groups is 2. The first-order chi connectivity index (χ1) is 6.75. The molecule has 0 aromatic rings. The van der Waals surface area contributed by atoms with Crippen LogP contribution in [0.4, 0.5) is 0 Å². The maximum Gasteiger partial charge on any atom is 0.154 e.